The van der Waals surface area contributed by atoms with Gasteiger partial charge >= 0.3 is 30.0 Å². The van der Waals surface area contributed by atoms with Crippen LogP contribution in [0.25, 0.3) is 10.8 Å². The van der Waals surface area contributed by atoms with Crippen molar-refractivity contribution in [3.05, 3.63) is 60.7 Å². The van der Waals surface area contributed by atoms with Crippen molar-refractivity contribution in [3.8, 4) is 0 Å². The average molecular weight is 1060 g/mol. The van der Waals surface area contributed by atoms with E-state index < -0.39 is 59.4 Å². The molecular formula is C58H88N6O12. The van der Waals surface area contributed by atoms with Crippen LogP contribution in [0.1, 0.15) is 169 Å². The third-order valence-electron chi connectivity index (χ3n) is 13.3. The lowest BCUT2D eigenvalue weighted by molar-refractivity contribution is -0.158. The molecule has 422 valence electrons. The van der Waals surface area contributed by atoms with Crippen LogP contribution in [0.4, 0.5) is 9.59 Å². The molecule has 0 unspecified atom stereocenters. The van der Waals surface area contributed by atoms with Crippen LogP contribution < -0.4 is 31.9 Å². The summed E-state index contributed by atoms with van der Waals surface area (Å²) in [4.78, 5) is 105. The first kappa shape index (κ1) is 62.3. The van der Waals surface area contributed by atoms with Gasteiger partial charge in [-0.25, -0.2) is 19.2 Å². The molecule has 3 atom stereocenters. The zero-order valence-corrected chi connectivity index (χ0v) is 46.2. The Labute approximate surface area is 450 Å². The fourth-order valence-electron chi connectivity index (χ4n) is 9.34. The zero-order valence-electron chi connectivity index (χ0n) is 46.2. The van der Waals surface area contributed by atoms with E-state index in [-0.39, 0.29) is 74.5 Å². The van der Waals surface area contributed by atoms with E-state index in [9.17, 15) is 38.4 Å². The molecule has 2 aromatic carbocycles. The van der Waals surface area contributed by atoms with Gasteiger partial charge in [-0.05, 0) is 154 Å². The van der Waals surface area contributed by atoms with E-state index >= 15 is 0 Å². The lowest BCUT2D eigenvalue weighted by Crippen LogP contribution is -2.52. The zero-order chi connectivity index (χ0) is 55.5. The maximum absolute atomic E-state index is 14.0. The summed E-state index contributed by atoms with van der Waals surface area (Å²) in [6, 6.07) is 9.95. The van der Waals surface area contributed by atoms with Gasteiger partial charge in [-0.3, -0.25) is 19.2 Å². The molecule has 2 fully saturated rings. The first-order valence-electron chi connectivity index (χ1n) is 27.7. The Kier molecular flexibility index (Phi) is 26.6. The number of amides is 6. The first-order valence-corrected chi connectivity index (χ1v) is 27.7. The number of carbonyl (C=O) groups excluding carboxylic acids is 8. The smallest absolute Gasteiger partial charge is 0.407 e. The largest absolute Gasteiger partial charge is 0.461 e. The fraction of sp³-hybridized carbons (Fsp3) is 0.655. The topological polar surface area (TPSA) is 246 Å². The molecule has 0 bridgehead atoms. The Balaban J connectivity index is 1.33. The van der Waals surface area contributed by atoms with E-state index in [0.29, 0.717) is 51.6 Å². The lowest BCUT2D eigenvalue weighted by atomic mass is 9.81. The number of carbonyl (C=O) groups is 8. The van der Waals surface area contributed by atoms with Gasteiger partial charge in [0.15, 0.2) is 0 Å². The number of hydrogen-bond acceptors (Lipinski definition) is 12. The van der Waals surface area contributed by atoms with E-state index in [1.807, 2.05) is 42.5 Å². The Morgan fingerprint density at radius 1 is 0.645 bits per heavy atom. The Morgan fingerprint density at radius 2 is 1.29 bits per heavy atom. The van der Waals surface area contributed by atoms with Gasteiger partial charge in [0.25, 0.3) is 0 Å². The molecule has 18 heteroatoms. The van der Waals surface area contributed by atoms with Crippen LogP contribution in [-0.4, -0.2) is 109 Å². The van der Waals surface area contributed by atoms with E-state index in [2.05, 4.69) is 38.5 Å². The van der Waals surface area contributed by atoms with Crippen LogP contribution in [0.15, 0.2) is 55.1 Å². The number of nitrogens with one attached hydrogen (secondary N) is 6. The van der Waals surface area contributed by atoms with Crippen molar-refractivity contribution in [2.45, 2.75) is 205 Å². The van der Waals surface area contributed by atoms with E-state index in [4.69, 9.17) is 18.9 Å². The summed E-state index contributed by atoms with van der Waals surface area (Å²) in [5.41, 5.74) is -0.733. The summed E-state index contributed by atoms with van der Waals surface area (Å²) in [5.74, 6) is -2.48. The molecule has 4 rings (SSSR count). The highest BCUT2D eigenvalue weighted by molar-refractivity contribution is 5.90. The standard InChI is InChI=1S/C58H88N6O12/c1-8-36-73-56(72)60-35-18-11-14-25-49(65)61-39-40-26-30-43(31-27-40)51(67)62-48(38-41-28-29-42-20-15-16-21-44(42)37-41)52(68)59-34-19-17-24-46(53(69)74-45-22-12-9-10-13-23-45)63-55(71)64-47(54(70)76-58(5,6)7)32-33-50(66)75-57(2,3)4/h8,15-16,20-21,28-29,37,40,43,45-48H,1,9-14,17-19,22-27,30-36,38-39H2,2-7H3,(H,59,68)(H,60,72)(H,61,65)(H,62,67)(H2,63,64,71)/t40?,43?,46-,47-,48-/m0/s1. The van der Waals surface area contributed by atoms with Crippen LogP contribution in [0.5, 0.6) is 0 Å². The predicted molar refractivity (Wildman–Crippen MR) is 291 cm³/mol. The van der Waals surface area contributed by atoms with Crippen LogP contribution in [-0.2, 0) is 54.1 Å². The number of unbranched alkanes of at least 4 members (excludes halogenated alkanes) is 3. The quantitative estimate of drug-likeness (QED) is 0.0155. The number of fused-ring (bicyclic) bond motifs is 1. The summed E-state index contributed by atoms with van der Waals surface area (Å²) in [6.45, 7) is 15.2. The molecule has 0 spiro atoms. The van der Waals surface area contributed by atoms with Gasteiger partial charge in [-0.1, -0.05) is 74.4 Å². The molecule has 6 N–H and O–H groups in total. The SMILES string of the molecule is C=CCOC(=O)NCCCCCC(=O)NCC1CCC(C(=O)N[C@@H](Cc2ccc3ccccc3c2)C(=O)NCCCC[C@H](NC(=O)N[C@@H](CCC(=O)OC(C)(C)C)C(=O)OC(C)(C)C)C(=O)OC2CCCCCC2)CC1. The maximum atomic E-state index is 14.0. The predicted octanol–water partition coefficient (Wildman–Crippen LogP) is 8.31. The molecule has 2 aromatic rings. The van der Waals surface area contributed by atoms with Crippen molar-refractivity contribution in [1.29, 1.82) is 0 Å². The minimum atomic E-state index is -1.22. The van der Waals surface area contributed by atoms with Crippen molar-refractivity contribution < 1.29 is 57.3 Å². The van der Waals surface area contributed by atoms with Crippen LogP contribution >= 0.6 is 0 Å². The molecule has 0 aromatic heterocycles. The van der Waals surface area contributed by atoms with Crippen LogP contribution in [0, 0.1) is 11.8 Å². The van der Waals surface area contributed by atoms with Crippen molar-refractivity contribution in [2.24, 2.45) is 11.8 Å². The molecule has 76 heavy (non-hydrogen) atoms. The van der Waals surface area contributed by atoms with Gasteiger partial charge in [0.05, 0.1) is 0 Å². The number of ether oxygens (including phenoxy) is 4. The van der Waals surface area contributed by atoms with E-state index in [1.165, 1.54) is 6.08 Å². The van der Waals surface area contributed by atoms with Gasteiger partial charge in [0.2, 0.25) is 17.7 Å². The second kappa shape index (κ2) is 32.4. The van der Waals surface area contributed by atoms with Crippen molar-refractivity contribution in [1.82, 2.24) is 31.9 Å². The minimum absolute atomic E-state index is 0.0211. The summed E-state index contributed by atoms with van der Waals surface area (Å²) in [7, 11) is 0. The van der Waals surface area contributed by atoms with Gasteiger partial charge < -0.3 is 50.8 Å². The molecule has 2 aliphatic rings. The summed E-state index contributed by atoms with van der Waals surface area (Å²) < 4.78 is 21.8. The van der Waals surface area contributed by atoms with Crippen molar-refractivity contribution in [2.75, 3.05) is 26.2 Å². The molecule has 18 nitrogen and oxygen atoms in total. The normalized spacial score (nSPS) is 17.3. The number of esters is 3. The highest BCUT2D eigenvalue weighted by atomic mass is 16.6. The molecule has 0 aliphatic heterocycles. The van der Waals surface area contributed by atoms with Crippen LogP contribution in [0.3, 0.4) is 0 Å². The number of benzene rings is 2. The Hall–Kier alpha value is -6.20. The van der Waals surface area contributed by atoms with E-state index in [1.54, 1.807) is 41.5 Å². The second-order valence-electron chi connectivity index (χ2n) is 22.3. The maximum Gasteiger partial charge on any atom is 0.407 e. The monoisotopic (exact) mass is 1060 g/mol. The first-order chi connectivity index (χ1) is 36.2. The van der Waals surface area contributed by atoms with Gasteiger partial charge in [0, 0.05) is 44.8 Å². The Morgan fingerprint density at radius 3 is 1.96 bits per heavy atom. The summed E-state index contributed by atoms with van der Waals surface area (Å²) in [6.07, 6.45) is 12.5. The van der Waals surface area contributed by atoms with Gasteiger partial charge in [0.1, 0.15) is 42.0 Å². The third kappa shape index (κ3) is 25.1. The second-order valence-corrected chi connectivity index (χ2v) is 22.3. The number of alkyl carbamates (subject to hydrolysis) is 1. The Bertz CT molecular complexity index is 2210. The molecule has 2 aliphatic carbocycles. The fourth-order valence-corrected chi connectivity index (χ4v) is 9.34. The molecule has 0 saturated heterocycles. The third-order valence-corrected chi connectivity index (χ3v) is 13.3. The molecule has 0 heterocycles. The van der Waals surface area contributed by atoms with Gasteiger partial charge in [-0.15, -0.1) is 0 Å². The van der Waals surface area contributed by atoms with Gasteiger partial charge in [-0.2, -0.15) is 0 Å². The number of hydrogen-bond donors (Lipinski definition) is 6. The highest BCUT2D eigenvalue weighted by Gasteiger charge is 2.33. The molecule has 2 saturated carbocycles. The lowest BCUT2D eigenvalue weighted by Gasteiger charge is -2.29. The van der Waals surface area contributed by atoms with Crippen LogP contribution in [0.2, 0.25) is 0 Å². The number of rotatable bonds is 28. The highest BCUT2D eigenvalue weighted by Crippen LogP contribution is 2.29. The molecule has 6 amide bonds. The molecular weight excluding hydrogens is 973 g/mol. The molecule has 0 radical (unpaired) electrons. The minimum Gasteiger partial charge on any atom is -0.461 e. The van der Waals surface area contributed by atoms with Crippen molar-refractivity contribution >= 4 is 58.5 Å². The van der Waals surface area contributed by atoms with Crippen molar-refractivity contribution in [3.63, 3.8) is 0 Å². The number of urea groups is 1. The van der Waals surface area contributed by atoms with E-state index in [0.717, 1.165) is 80.5 Å². The summed E-state index contributed by atoms with van der Waals surface area (Å²) in [5, 5.41) is 19.2. The summed E-state index contributed by atoms with van der Waals surface area (Å²) >= 11 is 0. The average Bonchev–Trinajstić information content (AvgIpc) is 3.64.